The van der Waals surface area contributed by atoms with E-state index in [1.54, 1.807) is 0 Å². The highest BCUT2D eigenvalue weighted by Crippen LogP contribution is 2.33. The number of imide groups is 1. The number of nitrogens with zero attached hydrogens (tertiary/aromatic N) is 1. The molecular weight excluding hydrogens is 240 g/mol. The van der Waals surface area contributed by atoms with Crippen LogP contribution in [0.25, 0.3) is 0 Å². The fourth-order valence-corrected chi connectivity index (χ4v) is 3.11. The summed E-state index contributed by atoms with van der Waals surface area (Å²) in [5.74, 6) is -0.239. The number of nitrogens with one attached hydrogen (secondary N) is 1. The predicted molar refractivity (Wildman–Crippen MR) is 71.2 cm³/mol. The normalized spacial score (nSPS) is 28.4. The number of piperidine rings is 1. The molecule has 2 unspecified atom stereocenters. The molecule has 0 spiro atoms. The first kappa shape index (κ1) is 12.4. The maximum Gasteiger partial charge on any atom is 0.247 e. The van der Waals surface area contributed by atoms with Gasteiger partial charge < -0.3 is 5.32 Å². The van der Waals surface area contributed by atoms with Gasteiger partial charge in [-0.1, -0.05) is 30.3 Å². The molecule has 2 aliphatic heterocycles. The molecule has 3 rings (SSSR count). The zero-order chi connectivity index (χ0) is 13.4. The van der Waals surface area contributed by atoms with Crippen molar-refractivity contribution in [3.8, 4) is 0 Å². The van der Waals surface area contributed by atoms with Gasteiger partial charge in [-0.25, -0.2) is 0 Å². The molecule has 2 aliphatic rings. The molecule has 19 heavy (non-hydrogen) atoms. The topological polar surface area (TPSA) is 49.4 Å². The van der Waals surface area contributed by atoms with E-state index in [2.05, 4.69) is 5.32 Å². The number of carbonyl (C=O) groups is 2. The van der Waals surface area contributed by atoms with E-state index in [-0.39, 0.29) is 29.8 Å². The van der Waals surface area contributed by atoms with E-state index in [1.807, 2.05) is 37.3 Å². The molecule has 2 saturated heterocycles. The van der Waals surface area contributed by atoms with Crippen molar-refractivity contribution < 1.29 is 9.59 Å². The van der Waals surface area contributed by atoms with Gasteiger partial charge in [-0.2, -0.15) is 0 Å². The van der Waals surface area contributed by atoms with Crippen LogP contribution in [0.4, 0.5) is 0 Å². The number of benzene rings is 1. The van der Waals surface area contributed by atoms with Crippen LogP contribution in [0.2, 0.25) is 0 Å². The van der Waals surface area contributed by atoms with E-state index in [0.29, 0.717) is 0 Å². The molecule has 1 aromatic rings. The summed E-state index contributed by atoms with van der Waals surface area (Å²) in [5, 5.41) is 3.19. The van der Waals surface area contributed by atoms with Crippen molar-refractivity contribution >= 4 is 11.8 Å². The molecule has 0 aromatic heterocycles. The minimum atomic E-state index is -0.299. The Morgan fingerprint density at radius 2 is 1.95 bits per heavy atom. The summed E-state index contributed by atoms with van der Waals surface area (Å²) in [6, 6.07) is 9.23. The van der Waals surface area contributed by atoms with Crippen LogP contribution >= 0.6 is 0 Å². The van der Waals surface area contributed by atoms with Crippen molar-refractivity contribution in [1.29, 1.82) is 0 Å². The van der Waals surface area contributed by atoms with Crippen LogP contribution in [-0.2, 0) is 9.59 Å². The van der Waals surface area contributed by atoms with Crippen molar-refractivity contribution in [2.24, 2.45) is 5.92 Å². The molecule has 2 heterocycles. The number of fused-ring (bicyclic) bond motifs is 1. The highest BCUT2D eigenvalue weighted by Gasteiger charge is 2.49. The fraction of sp³-hybridized carbons (Fsp3) is 0.467. The molecule has 100 valence electrons. The van der Waals surface area contributed by atoms with Crippen LogP contribution in [0.5, 0.6) is 0 Å². The third kappa shape index (κ3) is 1.96. The van der Waals surface area contributed by atoms with Gasteiger partial charge in [0.05, 0.1) is 18.0 Å². The lowest BCUT2D eigenvalue weighted by Gasteiger charge is -2.23. The molecule has 0 bridgehead atoms. The molecule has 2 amide bonds. The molecule has 3 atom stereocenters. The SMILES string of the molecule is C[C@@H](c1ccccc1)N1C(=O)C2CCCNC2C1=O. The first-order chi connectivity index (χ1) is 9.20. The Labute approximate surface area is 112 Å². The standard InChI is InChI=1S/C15H18N2O2/c1-10(11-6-3-2-4-7-11)17-14(18)12-8-5-9-16-13(12)15(17)19/h2-4,6-7,10,12-13,16H,5,8-9H2,1H3/t10-,12?,13?/m0/s1. The van der Waals surface area contributed by atoms with Crippen LogP contribution in [0.3, 0.4) is 0 Å². The lowest BCUT2D eigenvalue weighted by Crippen LogP contribution is -2.44. The smallest absolute Gasteiger partial charge is 0.247 e. The van der Waals surface area contributed by atoms with Crippen LogP contribution < -0.4 is 5.32 Å². The monoisotopic (exact) mass is 258 g/mol. The second-order valence-corrected chi connectivity index (χ2v) is 5.31. The summed E-state index contributed by atoms with van der Waals surface area (Å²) in [6.45, 7) is 2.75. The van der Waals surface area contributed by atoms with E-state index >= 15 is 0 Å². The summed E-state index contributed by atoms with van der Waals surface area (Å²) in [6.07, 6.45) is 1.79. The van der Waals surface area contributed by atoms with Gasteiger partial charge in [0.2, 0.25) is 11.8 Å². The lowest BCUT2D eigenvalue weighted by molar-refractivity contribution is -0.142. The average molecular weight is 258 g/mol. The number of likely N-dealkylation sites (tertiary alicyclic amines) is 1. The lowest BCUT2D eigenvalue weighted by atomic mass is 9.93. The summed E-state index contributed by atoms with van der Waals surface area (Å²) in [5.41, 5.74) is 1.00. The zero-order valence-electron chi connectivity index (χ0n) is 11.0. The molecule has 0 radical (unpaired) electrons. The number of amides is 2. The Bertz CT molecular complexity index is 476. The van der Waals surface area contributed by atoms with Crippen LogP contribution in [0, 0.1) is 5.92 Å². The fourth-order valence-electron chi connectivity index (χ4n) is 3.11. The third-order valence-electron chi connectivity index (χ3n) is 4.19. The Kier molecular flexibility index (Phi) is 3.11. The molecular formula is C15H18N2O2. The van der Waals surface area contributed by atoms with Gasteiger partial charge in [-0.15, -0.1) is 0 Å². The van der Waals surface area contributed by atoms with E-state index < -0.39 is 0 Å². The van der Waals surface area contributed by atoms with Gasteiger partial charge in [0.15, 0.2) is 0 Å². The summed E-state index contributed by atoms with van der Waals surface area (Å²) < 4.78 is 0. The molecule has 2 fully saturated rings. The van der Waals surface area contributed by atoms with Gasteiger partial charge in [0, 0.05) is 0 Å². The van der Waals surface area contributed by atoms with E-state index in [4.69, 9.17) is 0 Å². The molecule has 1 aromatic carbocycles. The van der Waals surface area contributed by atoms with Crippen LogP contribution in [-0.4, -0.2) is 29.3 Å². The Morgan fingerprint density at radius 3 is 2.63 bits per heavy atom. The molecule has 0 aliphatic carbocycles. The summed E-state index contributed by atoms with van der Waals surface area (Å²) in [4.78, 5) is 26.3. The number of carbonyl (C=O) groups excluding carboxylic acids is 2. The second-order valence-electron chi connectivity index (χ2n) is 5.31. The highest BCUT2D eigenvalue weighted by atomic mass is 16.2. The average Bonchev–Trinajstić information content (AvgIpc) is 2.72. The maximum absolute atomic E-state index is 12.4. The van der Waals surface area contributed by atoms with Gasteiger partial charge in [-0.05, 0) is 31.9 Å². The van der Waals surface area contributed by atoms with Crippen molar-refractivity contribution in [2.45, 2.75) is 31.8 Å². The van der Waals surface area contributed by atoms with Crippen molar-refractivity contribution in [1.82, 2.24) is 10.2 Å². The first-order valence-corrected chi connectivity index (χ1v) is 6.85. The molecule has 0 saturated carbocycles. The zero-order valence-corrected chi connectivity index (χ0v) is 11.0. The van der Waals surface area contributed by atoms with Crippen LogP contribution in [0.15, 0.2) is 30.3 Å². The van der Waals surface area contributed by atoms with E-state index in [1.165, 1.54) is 4.90 Å². The van der Waals surface area contributed by atoms with Gasteiger partial charge in [0.25, 0.3) is 0 Å². The minimum Gasteiger partial charge on any atom is -0.305 e. The van der Waals surface area contributed by atoms with E-state index in [9.17, 15) is 9.59 Å². The highest BCUT2D eigenvalue weighted by molar-refractivity contribution is 6.07. The largest absolute Gasteiger partial charge is 0.305 e. The quantitative estimate of drug-likeness (QED) is 0.818. The molecule has 1 N–H and O–H groups in total. The Hall–Kier alpha value is -1.68. The molecule has 4 heteroatoms. The minimum absolute atomic E-state index is 0.0152. The van der Waals surface area contributed by atoms with Gasteiger partial charge in [-0.3, -0.25) is 14.5 Å². The van der Waals surface area contributed by atoms with E-state index in [0.717, 1.165) is 24.9 Å². The second kappa shape index (κ2) is 4.78. The Morgan fingerprint density at radius 1 is 1.21 bits per heavy atom. The van der Waals surface area contributed by atoms with Crippen molar-refractivity contribution in [2.75, 3.05) is 6.54 Å². The summed E-state index contributed by atoms with van der Waals surface area (Å²) >= 11 is 0. The molecule has 4 nitrogen and oxygen atoms in total. The van der Waals surface area contributed by atoms with Gasteiger partial charge >= 0.3 is 0 Å². The number of hydrogen-bond acceptors (Lipinski definition) is 3. The summed E-state index contributed by atoms with van der Waals surface area (Å²) in [7, 11) is 0. The first-order valence-electron chi connectivity index (χ1n) is 6.85. The van der Waals surface area contributed by atoms with Gasteiger partial charge in [0.1, 0.15) is 0 Å². The predicted octanol–water partition coefficient (Wildman–Crippen LogP) is 1.48. The number of hydrogen-bond donors (Lipinski definition) is 1. The third-order valence-corrected chi connectivity index (χ3v) is 4.19. The van der Waals surface area contributed by atoms with Crippen molar-refractivity contribution in [3.63, 3.8) is 0 Å². The maximum atomic E-state index is 12.4. The number of rotatable bonds is 2. The Balaban J connectivity index is 1.88. The van der Waals surface area contributed by atoms with Crippen LogP contribution in [0.1, 0.15) is 31.4 Å². The van der Waals surface area contributed by atoms with Crippen molar-refractivity contribution in [3.05, 3.63) is 35.9 Å².